The maximum Gasteiger partial charge on any atom is 0.164 e. The third-order valence-corrected chi connectivity index (χ3v) is 8.14. The van der Waals surface area contributed by atoms with E-state index in [0.717, 1.165) is 44.2 Å². The molecule has 0 spiro atoms. The van der Waals surface area contributed by atoms with Crippen LogP contribution >= 0.6 is 0 Å². The SMILES string of the molecule is CC1(C)c2cc3c(cc2-c2c(-c4nc(-c5ccccc5)nc(-c5ccccc5)n4)cccc21)oc1ccccc13. The van der Waals surface area contributed by atoms with Crippen molar-refractivity contribution in [2.24, 2.45) is 0 Å². The van der Waals surface area contributed by atoms with Crippen molar-refractivity contribution in [2.45, 2.75) is 19.3 Å². The average molecular weight is 516 g/mol. The summed E-state index contributed by atoms with van der Waals surface area (Å²) < 4.78 is 6.32. The maximum atomic E-state index is 6.32. The van der Waals surface area contributed by atoms with Gasteiger partial charge in [0, 0.05) is 32.9 Å². The van der Waals surface area contributed by atoms with Crippen LogP contribution in [0, 0.1) is 0 Å². The number of nitrogens with zero attached hydrogens (tertiary/aromatic N) is 3. The molecule has 4 nitrogen and oxygen atoms in total. The lowest BCUT2D eigenvalue weighted by Crippen LogP contribution is -2.14. The van der Waals surface area contributed by atoms with E-state index in [1.165, 1.54) is 16.7 Å². The first kappa shape index (κ1) is 22.9. The largest absolute Gasteiger partial charge is 0.456 e. The Morgan fingerprint density at radius 2 is 1.12 bits per heavy atom. The quantitative estimate of drug-likeness (QED) is 0.235. The van der Waals surface area contributed by atoms with Gasteiger partial charge in [0.2, 0.25) is 0 Å². The normalized spacial score (nSPS) is 13.4. The van der Waals surface area contributed by atoms with E-state index in [0.29, 0.717) is 17.5 Å². The highest BCUT2D eigenvalue weighted by Crippen LogP contribution is 2.53. The number of benzene rings is 5. The zero-order valence-electron chi connectivity index (χ0n) is 22.2. The monoisotopic (exact) mass is 515 g/mol. The van der Waals surface area contributed by atoms with Crippen molar-refractivity contribution in [2.75, 3.05) is 0 Å². The van der Waals surface area contributed by atoms with Gasteiger partial charge in [0.15, 0.2) is 17.5 Å². The molecule has 40 heavy (non-hydrogen) atoms. The number of para-hydroxylation sites is 1. The second kappa shape index (κ2) is 8.45. The zero-order valence-corrected chi connectivity index (χ0v) is 22.2. The van der Waals surface area contributed by atoms with Crippen molar-refractivity contribution < 1.29 is 4.42 Å². The minimum atomic E-state index is -0.190. The molecule has 7 aromatic rings. The van der Waals surface area contributed by atoms with E-state index in [9.17, 15) is 0 Å². The Labute approximate surface area is 232 Å². The first-order chi connectivity index (χ1) is 19.6. The number of furan rings is 1. The minimum absolute atomic E-state index is 0.190. The summed E-state index contributed by atoms with van der Waals surface area (Å²) in [7, 11) is 0. The Morgan fingerprint density at radius 3 is 1.82 bits per heavy atom. The highest BCUT2D eigenvalue weighted by molar-refractivity contribution is 6.08. The second-order valence-electron chi connectivity index (χ2n) is 10.9. The Hall–Kier alpha value is -5.09. The Kier molecular flexibility index (Phi) is 4.83. The molecule has 5 aromatic carbocycles. The summed E-state index contributed by atoms with van der Waals surface area (Å²) in [5.74, 6) is 1.98. The molecule has 190 valence electrons. The van der Waals surface area contributed by atoms with Crippen LogP contribution in [0.4, 0.5) is 0 Å². The van der Waals surface area contributed by atoms with E-state index in [4.69, 9.17) is 19.4 Å². The standard InChI is InChI=1S/C36H25N3O/c1-36(2)28-18-11-17-25(32(28)27-21-31-26(20-29(27)36)24-16-9-10-19-30(24)40-31)35-38-33(22-12-5-3-6-13-22)37-34(39-35)23-14-7-4-8-15-23/h3-21H,1-2H3. The minimum Gasteiger partial charge on any atom is -0.456 e. The van der Waals surface area contributed by atoms with Crippen LogP contribution in [0.5, 0.6) is 0 Å². The van der Waals surface area contributed by atoms with Crippen LogP contribution in [0.2, 0.25) is 0 Å². The summed E-state index contributed by atoms with van der Waals surface area (Å²) in [6.45, 7) is 4.60. The molecule has 0 bridgehead atoms. The fraction of sp³-hybridized carbons (Fsp3) is 0.0833. The van der Waals surface area contributed by atoms with Crippen LogP contribution in [-0.2, 0) is 5.41 Å². The Balaban J connectivity index is 1.40. The second-order valence-corrected chi connectivity index (χ2v) is 10.9. The Bertz CT molecular complexity index is 2020. The van der Waals surface area contributed by atoms with Gasteiger partial charge < -0.3 is 4.42 Å². The molecular weight excluding hydrogens is 490 g/mol. The van der Waals surface area contributed by atoms with E-state index in [-0.39, 0.29) is 5.41 Å². The van der Waals surface area contributed by atoms with Crippen molar-refractivity contribution in [1.29, 1.82) is 0 Å². The molecule has 1 aliphatic rings. The first-order valence-electron chi connectivity index (χ1n) is 13.5. The molecule has 0 amide bonds. The number of aromatic nitrogens is 3. The smallest absolute Gasteiger partial charge is 0.164 e. The molecule has 0 radical (unpaired) electrons. The number of hydrogen-bond donors (Lipinski definition) is 0. The van der Waals surface area contributed by atoms with E-state index in [1.807, 2.05) is 72.8 Å². The van der Waals surface area contributed by atoms with Gasteiger partial charge in [0.05, 0.1) is 0 Å². The van der Waals surface area contributed by atoms with Crippen LogP contribution in [-0.4, -0.2) is 15.0 Å². The third kappa shape index (κ3) is 3.36. The molecule has 0 unspecified atom stereocenters. The third-order valence-electron chi connectivity index (χ3n) is 8.14. The van der Waals surface area contributed by atoms with Crippen LogP contribution < -0.4 is 0 Å². The molecule has 0 fully saturated rings. The molecule has 0 atom stereocenters. The van der Waals surface area contributed by atoms with Gasteiger partial charge in [-0.05, 0) is 40.5 Å². The lowest BCUT2D eigenvalue weighted by Gasteiger charge is -2.21. The number of hydrogen-bond acceptors (Lipinski definition) is 4. The summed E-state index contributed by atoms with van der Waals surface area (Å²) in [6, 6.07) is 39.5. The van der Waals surface area contributed by atoms with E-state index in [2.05, 4.69) is 56.3 Å². The summed E-state index contributed by atoms with van der Waals surface area (Å²) in [4.78, 5) is 15.0. The lowest BCUT2D eigenvalue weighted by molar-refractivity contribution is 0.658. The molecule has 0 saturated heterocycles. The molecule has 0 aliphatic heterocycles. The van der Waals surface area contributed by atoms with Gasteiger partial charge in [-0.1, -0.05) is 111 Å². The van der Waals surface area contributed by atoms with Crippen LogP contribution in [0.1, 0.15) is 25.0 Å². The highest BCUT2D eigenvalue weighted by Gasteiger charge is 2.38. The van der Waals surface area contributed by atoms with Crippen molar-refractivity contribution in [3.8, 4) is 45.3 Å². The molecule has 1 aliphatic carbocycles. The Morgan fingerprint density at radius 1 is 0.500 bits per heavy atom. The highest BCUT2D eigenvalue weighted by atomic mass is 16.3. The summed E-state index contributed by atoms with van der Waals surface area (Å²) in [6.07, 6.45) is 0. The molecule has 4 heteroatoms. The van der Waals surface area contributed by atoms with Gasteiger partial charge in [-0.25, -0.2) is 15.0 Å². The molecular formula is C36H25N3O. The van der Waals surface area contributed by atoms with E-state index < -0.39 is 0 Å². The van der Waals surface area contributed by atoms with Crippen molar-refractivity contribution in [3.05, 3.63) is 126 Å². The summed E-state index contributed by atoms with van der Waals surface area (Å²) in [5.41, 5.74) is 9.41. The van der Waals surface area contributed by atoms with Crippen molar-refractivity contribution in [1.82, 2.24) is 15.0 Å². The summed E-state index contributed by atoms with van der Waals surface area (Å²) in [5, 5.41) is 2.29. The van der Waals surface area contributed by atoms with Crippen LogP contribution in [0.25, 0.3) is 67.2 Å². The number of rotatable bonds is 3. The fourth-order valence-corrected chi connectivity index (χ4v) is 6.12. The van der Waals surface area contributed by atoms with Gasteiger partial charge in [0.25, 0.3) is 0 Å². The van der Waals surface area contributed by atoms with Gasteiger partial charge in [-0.2, -0.15) is 0 Å². The lowest BCUT2D eigenvalue weighted by atomic mass is 9.82. The molecule has 8 rings (SSSR count). The van der Waals surface area contributed by atoms with Gasteiger partial charge >= 0.3 is 0 Å². The molecule has 2 aromatic heterocycles. The van der Waals surface area contributed by atoms with Crippen molar-refractivity contribution in [3.63, 3.8) is 0 Å². The van der Waals surface area contributed by atoms with Crippen molar-refractivity contribution >= 4 is 21.9 Å². The predicted molar refractivity (Wildman–Crippen MR) is 161 cm³/mol. The number of fused-ring (bicyclic) bond motifs is 6. The molecule has 2 heterocycles. The first-order valence-corrected chi connectivity index (χ1v) is 13.5. The average Bonchev–Trinajstić information content (AvgIpc) is 3.48. The van der Waals surface area contributed by atoms with Gasteiger partial charge in [-0.15, -0.1) is 0 Å². The van der Waals surface area contributed by atoms with Gasteiger partial charge in [-0.3, -0.25) is 0 Å². The van der Waals surface area contributed by atoms with E-state index >= 15 is 0 Å². The van der Waals surface area contributed by atoms with E-state index in [1.54, 1.807) is 0 Å². The fourth-order valence-electron chi connectivity index (χ4n) is 6.12. The predicted octanol–water partition coefficient (Wildman–Crippen LogP) is 9.08. The van der Waals surface area contributed by atoms with Crippen LogP contribution in [0.15, 0.2) is 120 Å². The molecule has 0 saturated carbocycles. The summed E-state index contributed by atoms with van der Waals surface area (Å²) >= 11 is 0. The maximum absolute atomic E-state index is 6.32. The zero-order chi connectivity index (χ0) is 26.8. The van der Waals surface area contributed by atoms with Gasteiger partial charge in [0.1, 0.15) is 11.2 Å². The van der Waals surface area contributed by atoms with Crippen LogP contribution in [0.3, 0.4) is 0 Å². The topological polar surface area (TPSA) is 51.8 Å². The molecule has 0 N–H and O–H groups in total.